The molecule has 0 fully saturated rings. The van der Waals surface area contributed by atoms with Crippen molar-refractivity contribution in [2.75, 3.05) is 27.2 Å². The second-order valence-corrected chi connectivity index (χ2v) is 6.26. The molecule has 2 N–H and O–H groups in total. The maximum Gasteiger partial charge on any atom is 0.191 e. The summed E-state index contributed by atoms with van der Waals surface area (Å²) in [6.45, 7) is 5.82. The first-order valence-electron chi connectivity index (χ1n) is 8.83. The number of halogens is 1. The number of imidazole rings is 1. The van der Waals surface area contributed by atoms with Gasteiger partial charge < -0.3 is 15.2 Å². The zero-order chi connectivity index (χ0) is 17.9. The summed E-state index contributed by atoms with van der Waals surface area (Å²) < 4.78 is 2.04. The number of rotatable bonds is 9. The number of hydrogen-bond acceptors (Lipinski definition) is 3. The lowest BCUT2D eigenvalue weighted by Crippen LogP contribution is -2.41. The van der Waals surface area contributed by atoms with Crippen LogP contribution in [0.3, 0.4) is 0 Å². The van der Waals surface area contributed by atoms with Crippen molar-refractivity contribution in [3.8, 4) is 0 Å². The third-order valence-electron chi connectivity index (χ3n) is 4.33. The Labute approximate surface area is 174 Å². The van der Waals surface area contributed by atoms with E-state index in [1.54, 1.807) is 13.2 Å². The van der Waals surface area contributed by atoms with Gasteiger partial charge in [-0.25, -0.2) is 4.98 Å². The molecular formula is C19H31IN6. The highest BCUT2D eigenvalue weighted by molar-refractivity contribution is 14.0. The molecule has 7 heteroatoms. The molecule has 0 saturated carbocycles. The van der Waals surface area contributed by atoms with Crippen LogP contribution in [0.5, 0.6) is 0 Å². The maximum atomic E-state index is 4.27. The van der Waals surface area contributed by atoms with Crippen LogP contribution in [0.4, 0.5) is 0 Å². The molecule has 0 aliphatic heterocycles. The number of nitrogens with zero attached hydrogens (tertiary/aromatic N) is 4. The molecule has 1 aromatic carbocycles. The second kappa shape index (κ2) is 12.7. The van der Waals surface area contributed by atoms with Crippen molar-refractivity contribution in [2.45, 2.75) is 32.5 Å². The second-order valence-electron chi connectivity index (χ2n) is 6.26. The fourth-order valence-corrected chi connectivity index (χ4v) is 2.59. The van der Waals surface area contributed by atoms with Gasteiger partial charge in [0, 0.05) is 51.7 Å². The van der Waals surface area contributed by atoms with Gasteiger partial charge >= 0.3 is 0 Å². The van der Waals surface area contributed by atoms with E-state index in [1.165, 1.54) is 5.56 Å². The van der Waals surface area contributed by atoms with E-state index in [-0.39, 0.29) is 24.0 Å². The summed E-state index contributed by atoms with van der Waals surface area (Å²) in [5.41, 5.74) is 1.35. The van der Waals surface area contributed by atoms with Gasteiger partial charge in [-0.15, -0.1) is 24.0 Å². The highest BCUT2D eigenvalue weighted by Gasteiger charge is 2.09. The summed E-state index contributed by atoms with van der Waals surface area (Å²) >= 11 is 0. The predicted molar refractivity (Wildman–Crippen MR) is 119 cm³/mol. The zero-order valence-electron chi connectivity index (χ0n) is 15.9. The Balaban J connectivity index is 0.00000338. The fraction of sp³-hybridized carbons (Fsp3) is 0.474. The Morgan fingerprint density at radius 3 is 2.62 bits per heavy atom. The van der Waals surface area contributed by atoms with E-state index in [0.29, 0.717) is 6.04 Å². The molecule has 0 spiro atoms. The van der Waals surface area contributed by atoms with Crippen LogP contribution in [-0.2, 0) is 13.1 Å². The average Bonchev–Trinajstić information content (AvgIpc) is 3.14. The summed E-state index contributed by atoms with van der Waals surface area (Å²) in [5, 5.41) is 6.71. The summed E-state index contributed by atoms with van der Waals surface area (Å²) in [5.74, 6) is 0.845. The van der Waals surface area contributed by atoms with Gasteiger partial charge in [-0.2, -0.15) is 0 Å². The van der Waals surface area contributed by atoms with Crippen LogP contribution in [0.15, 0.2) is 54.0 Å². The molecule has 2 rings (SSSR count). The van der Waals surface area contributed by atoms with Gasteiger partial charge in [0.1, 0.15) is 0 Å². The normalized spacial score (nSPS) is 12.5. The van der Waals surface area contributed by atoms with Crippen molar-refractivity contribution < 1.29 is 0 Å². The SMILES string of the molecule is CN=C(NCCC(C)N(C)Cc1ccccc1)NCCn1ccnc1.I. The fourth-order valence-electron chi connectivity index (χ4n) is 2.59. The lowest BCUT2D eigenvalue weighted by Gasteiger charge is -2.25. The van der Waals surface area contributed by atoms with E-state index in [2.05, 4.69) is 69.8 Å². The minimum atomic E-state index is 0. The minimum Gasteiger partial charge on any atom is -0.356 e. The quantitative estimate of drug-likeness (QED) is 0.336. The standard InChI is InChI=1S/C19H30N6.HI/c1-17(24(3)15-18-7-5-4-6-8-18)9-10-22-19(20-2)23-12-14-25-13-11-21-16-25;/h4-8,11,13,16-17H,9-10,12,14-15H2,1-3H3,(H2,20,22,23);1H. The van der Waals surface area contributed by atoms with E-state index < -0.39 is 0 Å². The molecule has 2 aromatic rings. The number of hydrogen-bond donors (Lipinski definition) is 2. The van der Waals surface area contributed by atoms with Crippen molar-refractivity contribution in [3.63, 3.8) is 0 Å². The highest BCUT2D eigenvalue weighted by Crippen LogP contribution is 2.07. The van der Waals surface area contributed by atoms with Crippen LogP contribution in [0, 0.1) is 0 Å². The Kier molecular flexibility index (Phi) is 11.0. The first-order valence-corrected chi connectivity index (χ1v) is 8.83. The zero-order valence-corrected chi connectivity index (χ0v) is 18.3. The van der Waals surface area contributed by atoms with Crippen molar-refractivity contribution in [3.05, 3.63) is 54.6 Å². The molecule has 0 bridgehead atoms. The van der Waals surface area contributed by atoms with Gasteiger partial charge in [0.15, 0.2) is 5.96 Å². The van der Waals surface area contributed by atoms with Gasteiger partial charge in [0.05, 0.1) is 6.33 Å². The smallest absolute Gasteiger partial charge is 0.191 e. The Morgan fingerprint density at radius 2 is 1.96 bits per heavy atom. The van der Waals surface area contributed by atoms with Crippen LogP contribution in [0.1, 0.15) is 18.9 Å². The van der Waals surface area contributed by atoms with E-state index >= 15 is 0 Å². The minimum absolute atomic E-state index is 0. The molecule has 0 amide bonds. The molecule has 1 atom stereocenters. The van der Waals surface area contributed by atoms with Crippen molar-refractivity contribution >= 4 is 29.9 Å². The van der Waals surface area contributed by atoms with Crippen LogP contribution in [-0.4, -0.2) is 53.6 Å². The van der Waals surface area contributed by atoms with Crippen LogP contribution in [0.25, 0.3) is 0 Å². The number of benzene rings is 1. The monoisotopic (exact) mass is 470 g/mol. The summed E-state index contributed by atoms with van der Waals surface area (Å²) in [4.78, 5) is 10.7. The average molecular weight is 470 g/mol. The van der Waals surface area contributed by atoms with Crippen molar-refractivity contribution in [1.29, 1.82) is 0 Å². The van der Waals surface area contributed by atoms with E-state index in [1.807, 2.05) is 17.1 Å². The molecule has 0 saturated heterocycles. The molecular weight excluding hydrogens is 439 g/mol. The number of aliphatic imine (C=N–C) groups is 1. The van der Waals surface area contributed by atoms with Gasteiger partial charge in [0.2, 0.25) is 0 Å². The van der Waals surface area contributed by atoms with Gasteiger partial charge in [0.25, 0.3) is 0 Å². The number of nitrogens with one attached hydrogen (secondary N) is 2. The molecule has 0 radical (unpaired) electrons. The summed E-state index contributed by atoms with van der Waals surface area (Å²) in [7, 11) is 3.98. The lowest BCUT2D eigenvalue weighted by molar-refractivity contribution is 0.238. The van der Waals surface area contributed by atoms with Crippen molar-refractivity contribution in [2.24, 2.45) is 4.99 Å². The first kappa shape index (κ1) is 22.4. The number of aromatic nitrogens is 2. The molecule has 1 unspecified atom stereocenters. The first-order chi connectivity index (χ1) is 12.2. The van der Waals surface area contributed by atoms with E-state index in [0.717, 1.165) is 38.6 Å². The van der Waals surface area contributed by atoms with Crippen LogP contribution in [0.2, 0.25) is 0 Å². The third kappa shape index (κ3) is 8.18. The van der Waals surface area contributed by atoms with Gasteiger partial charge in [-0.05, 0) is 26.0 Å². The van der Waals surface area contributed by atoms with Gasteiger partial charge in [-0.3, -0.25) is 9.89 Å². The predicted octanol–water partition coefficient (Wildman–Crippen LogP) is 2.58. The Hall–Kier alpha value is -1.61. The van der Waals surface area contributed by atoms with Crippen molar-refractivity contribution in [1.82, 2.24) is 25.1 Å². The molecule has 0 aliphatic rings. The Morgan fingerprint density at radius 1 is 1.23 bits per heavy atom. The molecule has 1 aromatic heterocycles. The molecule has 1 heterocycles. The Bertz CT molecular complexity index is 614. The third-order valence-corrected chi connectivity index (χ3v) is 4.33. The molecule has 6 nitrogen and oxygen atoms in total. The molecule has 144 valence electrons. The van der Waals surface area contributed by atoms with Crippen LogP contribution >= 0.6 is 24.0 Å². The largest absolute Gasteiger partial charge is 0.356 e. The van der Waals surface area contributed by atoms with Crippen LogP contribution < -0.4 is 10.6 Å². The molecule has 0 aliphatic carbocycles. The molecule has 26 heavy (non-hydrogen) atoms. The lowest BCUT2D eigenvalue weighted by atomic mass is 10.1. The van der Waals surface area contributed by atoms with E-state index in [4.69, 9.17) is 0 Å². The summed E-state index contributed by atoms with van der Waals surface area (Å²) in [6, 6.07) is 11.1. The van der Waals surface area contributed by atoms with E-state index in [9.17, 15) is 0 Å². The highest BCUT2D eigenvalue weighted by atomic mass is 127. The topological polar surface area (TPSA) is 57.5 Å². The van der Waals surface area contributed by atoms with Gasteiger partial charge in [-0.1, -0.05) is 30.3 Å². The number of guanidine groups is 1. The maximum absolute atomic E-state index is 4.27. The summed E-state index contributed by atoms with van der Waals surface area (Å²) in [6.07, 6.45) is 6.64.